The first-order valence-electron chi connectivity index (χ1n) is 4.85. The van der Waals surface area contributed by atoms with Crippen LogP contribution in [0.5, 0.6) is 0 Å². The Morgan fingerprint density at radius 2 is 2.20 bits per heavy atom. The average molecular weight is 227 g/mol. The molecule has 0 spiro atoms. The van der Waals surface area contributed by atoms with Crippen molar-refractivity contribution in [3.8, 4) is 0 Å². The highest BCUT2D eigenvalue weighted by Crippen LogP contribution is 2.35. The summed E-state index contributed by atoms with van der Waals surface area (Å²) in [5.74, 6) is -0.678. The third-order valence-corrected chi connectivity index (χ3v) is 3.75. The average Bonchev–Trinajstić information content (AvgIpc) is 2.13. The van der Waals surface area contributed by atoms with Crippen LogP contribution in [0.3, 0.4) is 0 Å². The van der Waals surface area contributed by atoms with E-state index in [-0.39, 0.29) is 5.46 Å². The van der Waals surface area contributed by atoms with E-state index in [9.17, 15) is 4.39 Å². The lowest BCUT2D eigenvalue weighted by atomic mass is 9.81. The molecule has 1 aliphatic carbocycles. The lowest BCUT2D eigenvalue weighted by molar-refractivity contribution is 0.422. The van der Waals surface area contributed by atoms with Crippen LogP contribution in [0.25, 0.3) is 0 Å². The summed E-state index contributed by atoms with van der Waals surface area (Å²) < 4.78 is 13.1. The van der Waals surface area contributed by atoms with Gasteiger partial charge in [-0.05, 0) is 18.9 Å². The molecule has 0 aliphatic heterocycles. The molecule has 15 heavy (non-hydrogen) atoms. The van der Waals surface area contributed by atoms with Crippen LogP contribution in [0.4, 0.5) is 4.39 Å². The Morgan fingerprint density at radius 3 is 2.73 bits per heavy atom. The predicted molar refractivity (Wildman–Crippen MR) is 57.5 cm³/mol. The van der Waals surface area contributed by atoms with Gasteiger partial charge in [-0.25, -0.2) is 9.37 Å². The number of aromatic nitrogens is 1. The third kappa shape index (κ3) is 2.51. The first kappa shape index (κ1) is 10.9. The van der Waals surface area contributed by atoms with E-state index in [1.807, 2.05) is 0 Å². The van der Waals surface area contributed by atoms with Gasteiger partial charge in [0.15, 0.2) is 0 Å². The van der Waals surface area contributed by atoms with Crippen LogP contribution in [-0.2, 0) is 0 Å². The minimum atomic E-state index is -1.77. The molecule has 0 aromatic carbocycles. The molecule has 1 fully saturated rings. The van der Waals surface area contributed by atoms with Crippen molar-refractivity contribution in [3.63, 3.8) is 0 Å². The van der Waals surface area contributed by atoms with Crippen LogP contribution in [0.1, 0.15) is 19.3 Å². The Labute approximate surface area is 91.9 Å². The molecular formula is C9H11BFNO2S. The highest BCUT2D eigenvalue weighted by atomic mass is 32.2. The van der Waals surface area contributed by atoms with Crippen molar-refractivity contribution < 1.29 is 14.4 Å². The third-order valence-electron chi connectivity index (χ3n) is 2.48. The van der Waals surface area contributed by atoms with Gasteiger partial charge < -0.3 is 10.0 Å². The van der Waals surface area contributed by atoms with Gasteiger partial charge in [-0.1, -0.05) is 6.42 Å². The van der Waals surface area contributed by atoms with Crippen LogP contribution >= 0.6 is 11.8 Å². The van der Waals surface area contributed by atoms with Crippen molar-refractivity contribution in [3.05, 3.63) is 18.1 Å². The van der Waals surface area contributed by atoms with Gasteiger partial charge in [0, 0.05) is 10.7 Å². The van der Waals surface area contributed by atoms with Gasteiger partial charge in [0.05, 0.1) is 11.2 Å². The second-order valence-electron chi connectivity index (χ2n) is 3.59. The van der Waals surface area contributed by atoms with E-state index in [1.165, 1.54) is 12.5 Å². The molecule has 0 bridgehead atoms. The normalized spacial score (nSPS) is 16.2. The molecular weight excluding hydrogens is 216 g/mol. The molecule has 1 aromatic heterocycles. The second kappa shape index (κ2) is 4.51. The highest BCUT2D eigenvalue weighted by molar-refractivity contribution is 7.99. The zero-order valence-corrected chi connectivity index (χ0v) is 8.88. The van der Waals surface area contributed by atoms with Gasteiger partial charge >= 0.3 is 7.12 Å². The van der Waals surface area contributed by atoms with Gasteiger partial charge in [-0.15, -0.1) is 11.8 Å². The maximum atomic E-state index is 13.1. The van der Waals surface area contributed by atoms with Crippen LogP contribution in [0, 0.1) is 5.82 Å². The number of pyridine rings is 1. The number of hydrogen-bond acceptors (Lipinski definition) is 4. The quantitative estimate of drug-likeness (QED) is 0.740. The van der Waals surface area contributed by atoms with E-state index >= 15 is 0 Å². The van der Waals surface area contributed by atoms with Crippen molar-refractivity contribution in [2.24, 2.45) is 0 Å². The first-order valence-corrected chi connectivity index (χ1v) is 5.73. The van der Waals surface area contributed by atoms with Gasteiger partial charge in [0.25, 0.3) is 0 Å². The van der Waals surface area contributed by atoms with E-state index in [0.717, 1.165) is 19.0 Å². The molecule has 6 heteroatoms. The fourth-order valence-corrected chi connectivity index (χ4v) is 2.57. The largest absolute Gasteiger partial charge is 0.491 e. The van der Waals surface area contributed by atoms with Crippen molar-refractivity contribution >= 4 is 24.3 Å². The topological polar surface area (TPSA) is 53.4 Å². The number of hydrogen-bond donors (Lipinski definition) is 2. The van der Waals surface area contributed by atoms with E-state index in [4.69, 9.17) is 10.0 Å². The van der Waals surface area contributed by atoms with Crippen LogP contribution in [-0.4, -0.2) is 27.4 Å². The first-order chi connectivity index (χ1) is 7.16. The van der Waals surface area contributed by atoms with Gasteiger partial charge in [-0.2, -0.15) is 0 Å². The molecule has 80 valence electrons. The van der Waals surface area contributed by atoms with E-state index in [1.54, 1.807) is 11.8 Å². The van der Waals surface area contributed by atoms with Crippen molar-refractivity contribution in [2.75, 3.05) is 0 Å². The molecule has 0 amide bonds. The molecule has 1 aromatic rings. The summed E-state index contributed by atoms with van der Waals surface area (Å²) >= 11 is 1.57. The summed E-state index contributed by atoms with van der Waals surface area (Å²) in [6.07, 6.45) is 4.57. The predicted octanol–water partition coefficient (Wildman–Crippen LogP) is 0.545. The molecule has 2 N–H and O–H groups in total. The summed E-state index contributed by atoms with van der Waals surface area (Å²) in [5.41, 5.74) is -0.105. The van der Waals surface area contributed by atoms with Crippen LogP contribution in [0.15, 0.2) is 17.3 Å². The zero-order chi connectivity index (χ0) is 10.8. The summed E-state index contributed by atoms with van der Waals surface area (Å²) in [6, 6.07) is 1.41. The molecule has 1 aliphatic rings. The highest BCUT2D eigenvalue weighted by Gasteiger charge is 2.22. The smallest absolute Gasteiger partial charge is 0.423 e. The Kier molecular flexibility index (Phi) is 3.28. The summed E-state index contributed by atoms with van der Waals surface area (Å²) in [7, 11) is -1.77. The maximum Gasteiger partial charge on any atom is 0.491 e. The van der Waals surface area contributed by atoms with Crippen molar-refractivity contribution in [1.29, 1.82) is 0 Å². The van der Waals surface area contributed by atoms with Gasteiger partial charge in [0.2, 0.25) is 0 Å². The van der Waals surface area contributed by atoms with E-state index < -0.39 is 12.9 Å². The minimum absolute atomic E-state index is 0.105. The van der Waals surface area contributed by atoms with Crippen LogP contribution in [0.2, 0.25) is 0 Å². The Morgan fingerprint density at radius 1 is 1.47 bits per heavy atom. The summed E-state index contributed by atoms with van der Waals surface area (Å²) in [4.78, 5) is 3.91. The number of thioether (sulfide) groups is 1. The van der Waals surface area contributed by atoms with Crippen molar-refractivity contribution in [2.45, 2.75) is 29.5 Å². The van der Waals surface area contributed by atoms with E-state index in [0.29, 0.717) is 10.3 Å². The van der Waals surface area contributed by atoms with Crippen LogP contribution < -0.4 is 5.46 Å². The fraction of sp³-hybridized carbons (Fsp3) is 0.444. The number of nitrogens with zero attached hydrogens (tertiary/aromatic N) is 1. The Hall–Kier alpha value is -0.585. The van der Waals surface area contributed by atoms with E-state index in [2.05, 4.69) is 4.98 Å². The number of rotatable bonds is 3. The lowest BCUT2D eigenvalue weighted by Crippen LogP contribution is -2.33. The minimum Gasteiger partial charge on any atom is -0.423 e. The molecule has 3 nitrogen and oxygen atoms in total. The standard InChI is InChI=1S/C9H11BFNO2S/c11-8-5-12-9(4-7(8)10(13)14)15-6-2-1-3-6/h4-6,13-14H,1-3H2. The molecule has 0 radical (unpaired) electrons. The summed E-state index contributed by atoms with van der Waals surface area (Å²) in [5, 5.41) is 19.0. The molecule has 2 rings (SSSR count). The monoisotopic (exact) mass is 227 g/mol. The Bertz CT molecular complexity index is 360. The molecule has 0 saturated heterocycles. The molecule has 1 heterocycles. The van der Waals surface area contributed by atoms with Gasteiger partial charge in [-0.3, -0.25) is 0 Å². The molecule has 1 saturated carbocycles. The lowest BCUT2D eigenvalue weighted by Gasteiger charge is -2.24. The van der Waals surface area contributed by atoms with Gasteiger partial charge in [0.1, 0.15) is 5.82 Å². The fourth-order valence-electron chi connectivity index (χ4n) is 1.36. The molecule has 0 atom stereocenters. The SMILES string of the molecule is OB(O)c1cc(SC2CCC2)ncc1F. The molecule has 0 unspecified atom stereocenters. The maximum absolute atomic E-state index is 13.1. The zero-order valence-electron chi connectivity index (χ0n) is 8.06. The second-order valence-corrected chi connectivity index (χ2v) is 4.91. The summed E-state index contributed by atoms with van der Waals surface area (Å²) in [6.45, 7) is 0. The Balaban J connectivity index is 2.14. The van der Waals surface area contributed by atoms with Crippen molar-refractivity contribution in [1.82, 2.24) is 4.98 Å². The number of halogens is 1.